The third-order valence-electron chi connectivity index (χ3n) is 7.85. The zero-order valence-electron chi connectivity index (χ0n) is 25.8. The highest BCUT2D eigenvalue weighted by Gasteiger charge is 2.24. The van der Waals surface area contributed by atoms with E-state index in [4.69, 9.17) is 4.99 Å². The maximum Gasteiger partial charge on any atom is 0.0987 e. The second kappa shape index (κ2) is 16.6. The van der Waals surface area contributed by atoms with Gasteiger partial charge in [-0.05, 0) is 60.2 Å². The summed E-state index contributed by atoms with van der Waals surface area (Å²) in [5, 5.41) is 9.21. The number of hydrogen-bond acceptors (Lipinski definition) is 2. The van der Waals surface area contributed by atoms with Crippen LogP contribution in [0.5, 0.6) is 0 Å². The van der Waals surface area contributed by atoms with Gasteiger partial charge in [0.25, 0.3) is 0 Å². The first kappa shape index (κ1) is 31.4. The van der Waals surface area contributed by atoms with Crippen molar-refractivity contribution in [3.8, 4) is 0 Å². The summed E-state index contributed by atoms with van der Waals surface area (Å²) in [5.41, 5.74) is 2.39. The molecule has 46 heavy (non-hydrogen) atoms. The van der Waals surface area contributed by atoms with Gasteiger partial charge < -0.3 is 5.32 Å². The Labute approximate surface area is 276 Å². The Morgan fingerprint density at radius 2 is 0.870 bits per heavy atom. The average Bonchev–Trinajstić information content (AvgIpc) is 3.14. The molecule has 0 amide bonds. The first-order chi connectivity index (χ1) is 22.9. The van der Waals surface area contributed by atoms with Gasteiger partial charge in [-0.25, -0.2) is 0 Å². The lowest BCUT2D eigenvalue weighted by atomic mass is 9.94. The van der Waals surface area contributed by atoms with Crippen LogP contribution < -0.4 is 26.5 Å². The van der Waals surface area contributed by atoms with Crippen LogP contribution in [-0.2, 0) is 0 Å². The van der Waals surface area contributed by atoms with E-state index < -0.39 is 15.8 Å². The van der Waals surface area contributed by atoms with Gasteiger partial charge in [-0.2, -0.15) is 0 Å². The molecule has 0 aliphatic carbocycles. The largest absolute Gasteiger partial charge is 0.382 e. The number of aliphatic imine (C=N–C) groups is 1. The van der Waals surface area contributed by atoms with Crippen molar-refractivity contribution in [3.05, 3.63) is 205 Å². The summed E-state index contributed by atoms with van der Waals surface area (Å²) >= 11 is 0. The third kappa shape index (κ3) is 8.35. The second-order valence-corrected chi connectivity index (χ2v) is 15.2. The van der Waals surface area contributed by atoms with Crippen LogP contribution in [0.1, 0.15) is 23.2 Å². The average molecular weight is 633 g/mol. The van der Waals surface area contributed by atoms with Crippen LogP contribution in [-0.4, -0.2) is 12.4 Å². The zero-order valence-corrected chi connectivity index (χ0v) is 27.5. The van der Waals surface area contributed by atoms with Gasteiger partial charge in [-0.15, -0.1) is 0 Å². The molecule has 6 aromatic carbocycles. The molecule has 0 fully saturated rings. The lowest BCUT2D eigenvalue weighted by Gasteiger charge is -2.26. The smallest absolute Gasteiger partial charge is 0.0987 e. The van der Waals surface area contributed by atoms with E-state index in [-0.39, 0.29) is 12.1 Å². The minimum Gasteiger partial charge on any atom is -0.382 e. The second-order valence-electron chi connectivity index (χ2n) is 10.9. The third-order valence-corrected chi connectivity index (χ3v) is 12.4. The maximum atomic E-state index is 5.38. The molecular formula is C42H38N2P2. The molecule has 226 valence electrons. The highest BCUT2D eigenvalue weighted by molar-refractivity contribution is 7.75. The van der Waals surface area contributed by atoms with Gasteiger partial charge in [0.1, 0.15) is 0 Å². The van der Waals surface area contributed by atoms with Crippen LogP contribution in [0.4, 0.5) is 0 Å². The quantitative estimate of drug-likeness (QED) is 0.0999. The molecule has 0 spiro atoms. The first-order valence-corrected chi connectivity index (χ1v) is 18.6. The van der Waals surface area contributed by atoms with Crippen LogP contribution >= 0.6 is 15.8 Å². The maximum absolute atomic E-state index is 5.38. The number of hydrogen-bond donors (Lipinski definition) is 1. The van der Waals surface area contributed by atoms with Crippen molar-refractivity contribution >= 4 is 43.3 Å². The van der Waals surface area contributed by atoms with E-state index in [1.165, 1.54) is 32.3 Å². The molecule has 2 atom stereocenters. The molecule has 0 saturated carbocycles. The van der Waals surface area contributed by atoms with E-state index in [0.717, 1.165) is 6.16 Å². The summed E-state index contributed by atoms with van der Waals surface area (Å²) in [6.45, 7) is 0. The Morgan fingerprint density at radius 3 is 1.33 bits per heavy atom. The fraction of sp³-hybridized carbons (Fsp3) is 0.0714. The van der Waals surface area contributed by atoms with E-state index >= 15 is 0 Å². The molecule has 0 heterocycles. The summed E-state index contributed by atoms with van der Waals surface area (Å²) < 4.78 is 0. The molecular weight excluding hydrogens is 594 g/mol. The van der Waals surface area contributed by atoms with Gasteiger partial charge in [0.2, 0.25) is 0 Å². The monoisotopic (exact) mass is 632 g/mol. The molecule has 0 aromatic heterocycles. The molecule has 2 nitrogen and oxygen atoms in total. The standard InChI is InChI=1S/C42H38N2P2/c1-7-19-35(20-8-1)41(43-31-33-45(37-23-11-3-12-24-37)38-25-13-4-14-26-38)42(36-21-9-2-10-22-36)44-32-34-46(39-27-15-5-16-28-39)40-29-17-6-18-30-40/h1-33,41-43H,34H2/b33-31-,44-32?/t41-,42-/m0/s1. The van der Waals surface area contributed by atoms with Crippen molar-refractivity contribution in [2.24, 2.45) is 4.99 Å². The first-order valence-electron chi connectivity index (χ1n) is 15.7. The molecule has 0 radical (unpaired) electrons. The number of nitrogens with one attached hydrogen (secondary N) is 1. The van der Waals surface area contributed by atoms with E-state index in [1.807, 2.05) is 0 Å². The minimum absolute atomic E-state index is 0.0563. The highest BCUT2D eigenvalue weighted by Crippen LogP contribution is 2.37. The molecule has 1 N–H and O–H groups in total. The van der Waals surface area contributed by atoms with Crippen LogP contribution in [0, 0.1) is 0 Å². The topological polar surface area (TPSA) is 24.4 Å². The van der Waals surface area contributed by atoms with Gasteiger partial charge >= 0.3 is 0 Å². The predicted molar refractivity (Wildman–Crippen MR) is 202 cm³/mol. The van der Waals surface area contributed by atoms with Crippen molar-refractivity contribution in [2.75, 3.05) is 6.16 Å². The van der Waals surface area contributed by atoms with Crippen LogP contribution in [0.25, 0.3) is 0 Å². The molecule has 6 aromatic rings. The molecule has 0 bridgehead atoms. The van der Waals surface area contributed by atoms with Crippen molar-refractivity contribution in [1.29, 1.82) is 0 Å². The van der Waals surface area contributed by atoms with Crippen LogP contribution in [0.3, 0.4) is 0 Å². The Kier molecular flexibility index (Phi) is 11.3. The Balaban J connectivity index is 1.33. The fourth-order valence-corrected chi connectivity index (χ4v) is 9.49. The molecule has 4 heteroatoms. The molecule has 0 aliphatic rings. The highest BCUT2D eigenvalue weighted by atomic mass is 31.1. The van der Waals surface area contributed by atoms with Crippen LogP contribution in [0.15, 0.2) is 199 Å². The summed E-state index contributed by atoms with van der Waals surface area (Å²) in [4.78, 5) is 5.38. The number of benzene rings is 6. The number of rotatable bonds is 13. The van der Waals surface area contributed by atoms with Crippen LogP contribution in [0.2, 0.25) is 0 Å². The Morgan fingerprint density at radius 1 is 0.478 bits per heavy atom. The van der Waals surface area contributed by atoms with Gasteiger partial charge in [0.15, 0.2) is 0 Å². The van der Waals surface area contributed by atoms with Gasteiger partial charge in [0, 0.05) is 12.4 Å². The van der Waals surface area contributed by atoms with Gasteiger partial charge in [-0.1, -0.05) is 182 Å². The fourth-order valence-electron chi connectivity index (χ4n) is 5.58. The normalized spacial score (nSPS) is 12.9. The lowest BCUT2D eigenvalue weighted by Crippen LogP contribution is -2.23. The lowest BCUT2D eigenvalue weighted by molar-refractivity contribution is 0.513. The summed E-state index contributed by atoms with van der Waals surface area (Å²) in [7, 11) is -1.25. The van der Waals surface area contributed by atoms with E-state index in [2.05, 4.69) is 206 Å². The molecule has 6 rings (SSSR count). The minimum atomic E-state index is -0.674. The Hall–Kier alpha value is -4.61. The Bertz CT molecular complexity index is 1700. The van der Waals surface area contributed by atoms with Crippen molar-refractivity contribution in [3.63, 3.8) is 0 Å². The number of nitrogens with zero attached hydrogens (tertiary/aromatic N) is 1. The van der Waals surface area contributed by atoms with Crippen molar-refractivity contribution in [1.82, 2.24) is 5.32 Å². The van der Waals surface area contributed by atoms with Crippen molar-refractivity contribution in [2.45, 2.75) is 12.1 Å². The molecule has 0 saturated heterocycles. The van der Waals surface area contributed by atoms with Gasteiger partial charge in [0.05, 0.1) is 12.1 Å². The molecule has 0 unspecified atom stereocenters. The van der Waals surface area contributed by atoms with E-state index in [0.29, 0.717) is 0 Å². The van der Waals surface area contributed by atoms with Crippen molar-refractivity contribution < 1.29 is 0 Å². The van der Waals surface area contributed by atoms with Gasteiger partial charge in [-0.3, -0.25) is 4.99 Å². The zero-order chi connectivity index (χ0) is 31.2. The van der Waals surface area contributed by atoms with E-state index in [9.17, 15) is 0 Å². The summed E-state index contributed by atoms with van der Waals surface area (Å²) in [6.07, 6.45) is 5.21. The SMILES string of the molecule is C(CP(c1ccccc1)c1ccccc1)=N[C@@H](c1ccccc1)[C@@H](N/C=C\P(c1ccccc1)c1ccccc1)c1ccccc1. The van der Waals surface area contributed by atoms with E-state index in [1.54, 1.807) is 0 Å². The predicted octanol–water partition coefficient (Wildman–Crippen LogP) is 8.87. The molecule has 0 aliphatic heterocycles. The summed E-state index contributed by atoms with van der Waals surface area (Å²) in [5.74, 6) is 2.34. The summed E-state index contributed by atoms with van der Waals surface area (Å²) in [6, 6.07) is 64.5.